The Morgan fingerprint density at radius 2 is 1.60 bits per heavy atom. The molecule has 0 radical (unpaired) electrons. The highest BCUT2D eigenvalue weighted by Gasteiger charge is 2.17. The van der Waals surface area contributed by atoms with Gasteiger partial charge >= 0.3 is 0 Å². The molecule has 2 aromatic rings. The summed E-state index contributed by atoms with van der Waals surface area (Å²) in [7, 11) is -1.77. The normalized spacial score (nSPS) is 11.1. The highest BCUT2D eigenvalue weighted by Crippen LogP contribution is 2.23. The first-order chi connectivity index (χ1) is 9.50. The molecule has 0 bridgehead atoms. The van der Waals surface area contributed by atoms with E-state index in [1.807, 2.05) is 30.3 Å². The van der Waals surface area contributed by atoms with Crippen LogP contribution in [0.2, 0.25) is 0 Å². The number of hydrogen-bond donors (Lipinski definition) is 0. The molecule has 0 atom stereocenters. The third-order valence-corrected chi connectivity index (χ3v) is 4.07. The molecule has 5 heteroatoms. The van der Waals surface area contributed by atoms with Gasteiger partial charge in [-0.3, -0.25) is 4.31 Å². The average molecular weight is 291 g/mol. The molecule has 2 aromatic carbocycles. The average Bonchev–Trinajstić information content (AvgIpc) is 2.45. The summed E-state index contributed by atoms with van der Waals surface area (Å²) in [6.07, 6.45) is 1.21. The number of sulfonamides is 1. The standard InChI is InChI=1S/C15H17NO3S/c1-19-15-10-8-14(9-11-15)16(20(2,17)18)12-13-6-4-3-5-7-13/h3-11H,12H2,1-2H3. The van der Waals surface area contributed by atoms with E-state index in [1.54, 1.807) is 31.4 Å². The molecule has 0 N–H and O–H groups in total. The third kappa shape index (κ3) is 3.51. The summed E-state index contributed by atoms with van der Waals surface area (Å²) < 4.78 is 30.4. The van der Waals surface area contributed by atoms with Gasteiger partial charge in [0, 0.05) is 0 Å². The summed E-state index contributed by atoms with van der Waals surface area (Å²) in [6, 6.07) is 16.5. The lowest BCUT2D eigenvalue weighted by molar-refractivity contribution is 0.415. The van der Waals surface area contributed by atoms with Crippen LogP contribution in [0.25, 0.3) is 0 Å². The van der Waals surface area contributed by atoms with Gasteiger partial charge in [-0.1, -0.05) is 30.3 Å². The molecular formula is C15H17NO3S. The Morgan fingerprint density at radius 1 is 1.00 bits per heavy atom. The Bertz CT molecular complexity index is 651. The number of ether oxygens (including phenoxy) is 1. The van der Waals surface area contributed by atoms with Crippen LogP contribution in [-0.2, 0) is 16.6 Å². The second-order valence-electron chi connectivity index (χ2n) is 4.45. The summed E-state index contributed by atoms with van der Waals surface area (Å²) in [5.74, 6) is 0.696. The molecular weight excluding hydrogens is 274 g/mol. The molecule has 0 aliphatic rings. The molecule has 0 amide bonds. The van der Waals surface area contributed by atoms with Crippen molar-refractivity contribution < 1.29 is 13.2 Å². The molecule has 4 nitrogen and oxygen atoms in total. The fourth-order valence-corrected chi connectivity index (χ4v) is 2.79. The van der Waals surface area contributed by atoms with Crippen molar-refractivity contribution in [2.24, 2.45) is 0 Å². The quantitative estimate of drug-likeness (QED) is 0.851. The molecule has 0 heterocycles. The van der Waals surface area contributed by atoms with Gasteiger partial charge in [-0.05, 0) is 29.8 Å². The first-order valence-corrected chi connectivity index (χ1v) is 8.01. The van der Waals surface area contributed by atoms with Crippen molar-refractivity contribution in [3.05, 3.63) is 60.2 Å². The van der Waals surface area contributed by atoms with Gasteiger partial charge in [0.1, 0.15) is 5.75 Å². The van der Waals surface area contributed by atoms with Crippen LogP contribution in [0.3, 0.4) is 0 Å². The van der Waals surface area contributed by atoms with Gasteiger partial charge in [0.2, 0.25) is 10.0 Å². The van der Waals surface area contributed by atoms with Crippen LogP contribution in [0.5, 0.6) is 5.75 Å². The van der Waals surface area contributed by atoms with Crippen molar-refractivity contribution in [2.75, 3.05) is 17.7 Å². The van der Waals surface area contributed by atoms with E-state index >= 15 is 0 Å². The zero-order valence-corrected chi connectivity index (χ0v) is 12.3. The van der Waals surface area contributed by atoms with E-state index in [4.69, 9.17) is 4.74 Å². The highest BCUT2D eigenvalue weighted by molar-refractivity contribution is 7.92. The van der Waals surface area contributed by atoms with Crippen LogP contribution in [-0.4, -0.2) is 21.8 Å². The van der Waals surface area contributed by atoms with E-state index in [2.05, 4.69) is 0 Å². The van der Waals surface area contributed by atoms with E-state index in [-0.39, 0.29) is 0 Å². The molecule has 0 aliphatic carbocycles. The largest absolute Gasteiger partial charge is 0.497 e. The van der Waals surface area contributed by atoms with Crippen LogP contribution in [0.1, 0.15) is 5.56 Å². The van der Waals surface area contributed by atoms with Crippen molar-refractivity contribution in [2.45, 2.75) is 6.54 Å². The van der Waals surface area contributed by atoms with Crippen molar-refractivity contribution in [1.29, 1.82) is 0 Å². The highest BCUT2D eigenvalue weighted by atomic mass is 32.2. The maximum atomic E-state index is 12.0. The number of anilines is 1. The van der Waals surface area contributed by atoms with Crippen LogP contribution < -0.4 is 9.04 Å². The molecule has 0 saturated heterocycles. The molecule has 0 aliphatic heterocycles. The third-order valence-electron chi connectivity index (χ3n) is 2.93. The Morgan fingerprint density at radius 3 is 2.10 bits per heavy atom. The Balaban J connectivity index is 2.33. The smallest absolute Gasteiger partial charge is 0.232 e. The second-order valence-corrected chi connectivity index (χ2v) is 6.36. The lowest BCUT2D eigenvalue weighted by Crippen LogP contribution is -2.29. The summed E-state index contributed by atoms with van der Waals surface area (Å²) in [4.78, 5) is 0. The summed E-state index contributed by atoms with van der Waals surface area (Å²) in [6.45, 7) is 0.312. The van der Waals surface area contributed by atoms with Crippen LogP contribution in [0.4, 0.5) is 5.69 Å². The maximum Gasteiger partial charge on any atom is 0.232 e. The first kappa shape index (κ1) is 14.4. The molecule has 0 saturated carbocycles. The zero-order chi connectivity index (χ0) is 14.6. The summed E-state index contributed by atoms with van der Waals surface area (Å²) in [5, 5.41) is 0. The van der Waals surface area contributed by atoms with E-state index in [0.717, 1.165) is 5.56 Å². The van der Waals surface area contributed by atoms with Gasteiger partial charge in [-0.25, -0.2) is 8.42 Å². The fraction of sp³-hybridized carbons (Fsp3) is 0.200. The van der Waals surface area contributed by atoms with Crippen LogP contribution in [0, 0.1) is 0 Å². The van der Waals surface area contributed by atoms with Gasteiger partial charge in [-0.15, -0.1) is 0 Å². The topological polar surface area (TPSA) is 46.6 Å². The van der Waals surface area contributed by atoms with Crippen molar-refractivity contribution in [3.63, 3.8) is 0 Å². The van der Waals surface area contributed by atoms with Crippen LogP contribution >= 0.6 is 0 Å². The number of rotatable bonds is 5. The number of methoxy groups -OCH3 is 1. The second kappa shape index (κ2) is 5.96. The van der Waals surface area contributed by atoms with Crippen molar-refractivity contribution in [1.82, 2.24) is 0 Å². The van der Waals surface area contributed by atoms with Crippen molar-refractivity contribution >= 4 is 15.7 Å². The van der Waals surface area contributed by atoms with Gasteiger partial charge in [-0.2, -0.15) is 0 Å². The lowest BCUT2D eigenvalue weighted by Gasteiger charge is -2.22. The summed E-state index contributed by atoms with van der Waals surface area (Å²) >= 11 is 0. The van der Waals surface area contributed by atoms with E-state index in [1.165, 1.54) is 10.6 Å². The number of hydrogen-bond acceptors (Lipinski definition) is 3. The minimum absolute atomic E-state index is 0.312. The molecule has 0 fully saturated rings. The molecule has 0 unspecified atom stereocenters. The van der Waals surface area contributed by atoms with Gasteiger partial charge in [0.25, 0.3) is 0 Å². The van der Waals surface area contributed by atoms with E-state index < -0.39 is 10.0 Å². The minimum Gasteiger partial charge on any atom is -0.497 e. The van der Waals surface area contributed by atoms with Crippen LogP contribution in [0.15, 0.2) is 54.6 Å². The van der Waals surface area contributed by atoms with Gasteiger partial charge in [0.05, 0.1) is 25.6 Å². The Labute approximate surface area is 119 Å². The number of nitrogens with zero attached hydrogens (tertiary/aromatic N) is 1. The molecule has 106 valence electrons. The predicted molar refractivity (Wildman–Crippen MR) is 80.5 cm³/mol. The maximum absolute atomic E-state index is 12.0. The monoisotopic (exact) mass is 291 g/mol. The first-order valence-electron chi connectivity index (χ1n) is 6.16. The lowest BCUT2D eigenvalue weighted by atomic mass is 10.2. The fourth-order valence-electron chi connectivity index (χ4n) is 1.90. The number of benzene rings is 2. The van der Waals surface area contributed by atoms with E-state index in [9.17, 15) is 8.42 Å². The summed E-state index contributed by atoms with van der Waals surface area (Å²) in [5.41, 5.74) is 1.56. The molecule has 0 aromatic heterocycles. The molecule has 2 rings (SSSR count). The SMILES string of the molecule is COc1ccc(N(Cc2ccccc2)S(C)(=O)=O)cc1. The van der Waals surface area contributed by atoms with E-state index in [0.29, 0.717) is 18.0 Å². The van der Waals surface area contributed by atoms with Gasteiger partial charge in [0.15, 0.2) is 0 Å². The predicted octanol–water partition coefficient (Wildman–Crippen LogP) is 2.66. The van der Waals surface area contributed by atoms with Gasteiger partial charge < -0.3 is 4.74 Å². The zero-order valence-electron chi connectivity index (χ0n) is 11.5. The molecule has 20 heavy (non-hydrogen) atoms. The van der Waals surface area contributed by atoms with Crippen molar-refractivity contribution in [3.8, 4) is 5.75 Å². The Hall–Kier alpha value is -2.01. The molecule has 0 spiro atoms. The minimum atomic E-state index is -3.34. The Kier molecular flexibility index (Phi) is 4.29.